The summed E-state index contributed by atoms with van der Waals surface area (Å²) in [5.41, 5.74) is 1.15. The summed E-state index contributed by atoms with van der Waals surface area (Å²) >= 11 is 0. The molecule has 1 aromatic rings. The number of carbonyl (C=O) groups excluding carboxylic acids is 1. The van der Waals surface area contributed by atoms with Crippen molar-refractivity contribution in [2.75, 3.05) is 26.7 Å². The molecule has 116 valence electrons. The number of ether oxygens (including phenoxy) is 1. The van der Waals surface area contributed by atoms with Crippen molar-refractivity contribution in [3.8, 4) is 0 Å². The number of urea groups is 1. The van der Waals surface area contributed by atoms with Crippen LogP contribution in [0.25, 0.3) is 0 Å². The Kier molecular flexibility index (Phi) is 4.14. The number of hydrogen-bond acceptors (Lipinski definition) is 3. The second-order valence-electron chi connectivity index (χ2n) is 6.21. The molecular formula is C15H24N4O2. The largest absolute Gasteiger partial charge is 0.381 e. The van der Waals surface area contributed by atoms with E-state index < -0.39 is 0 Å². The van der Waals surface area contributed by atoms with Gasteiger partial charge in [-0.1, -0.05) is 0 Å². The maximum Gasteiger partial charge on any atom is 0.317 e. The van der Waals surface area contributed by atoms with Gasteiger partial charge in [-0.2, -0.15) is 5.10 Å². The van der Waals surface area contributed by atoms with E-state index in [9.17, 15) is 4.79 Å². The highest BCUT2D eigenvalue weighted by Gasteiger charge is 2.43. The molecular weight excluding hydrogens is 268 g/mol. The molecule has 6 nitrogen and oxygen atoms in total. The van der Waals surface area contributed by atoms with Crippen molar-refractivity contribution in [1.82, 2.24) is 20.0 Å². The number of rotatable bonds is 4. The minimum atomic E-state index is 0.0605. The third-order valence-electron chi connectivity index (χ3n) is 4.75. The number of piperidine rings is 1. The topological polar surface area (TPSA) is 59.4 Å². The minimum Gasteiger partial charge on any atom is -0.381 e. The number of fused-ring (bicyclic) bond motifs is 2. The number of methoxy groups -OCH3 is 1. The van der Waals surface area contributed by atoms with Gasteiger partial charge >= 0.3 is 6.03 Å². The number of nitrogens with zero attached hydrogens (tertiary/aromatic N) is 3. The summed E-state index contributed by atoms with van der Waals surface area (Å²) in [5, 5.41) is 7.15. The number of nitrogens with one attached hydrogen (secondary N) is 1. The van der Waals surface area contributed by atoms with E-state index >= 15 is 0 Å². The van der Waals surface area contributed by atoms with Gasteiger partial charge in [0.25, 0.3) is 0 Å². The van der Waals surface area contributed by atoms with Crippen LogP contribution in [0.1, 0.15) is 18.4 Å². The number of hydrogen-bond donors (Lipinski definition) is 1. The third-order valence-corrected chi connectivity index (χ3v) is 4.75. The van der Waals surface area contributed by atoms with Crippen LogP contribution in [0, 0.1) is 11.8 Å². The monoisotopic (exact) mass is 292 g/mol. The second kappa shape index (κ2) is 6.05. The predicted molar refractivity (Wildman–Crippen MR) is 78.9 cm³/mol. The van der Waals surface area contributed by atoms with E-state index in [0.717, 1.165) is 25.1 Å². The molecule has 1 aromatic heterocycles. The molecule has 0 aromatic carbocycles. The summed E-state index contributed by atoms with van der Waals surface area (Å²) in [6.07, 6.45) is 7.36. The van der Waals surface area contributed by atoms with Gasteiger partial charge in [0, 0.05) is 51.8 Å². The number of aryl methyl sites for hydroxylation is 1. The van der Waals surface area contributed by atoms with Crippen LogP contribution in [0.5, 0.6) is 0 Å². The first-order valence-corrected chi connectivity index (χ1v) is 7.70. The first-order chi connectivity index (χ1) is 10.2. The maximum absolute atomic E-state index is 12.3. The Morgan fingerprint density at radius 2 is 2.14 bits per heavy atom. The van der Waals surface area contributed by atoms with E-state index in [4.69, 9.17) is 4.74 Å². The highest BCUT2D eigenvalue weighted by molar-refractivity contribution is 5.74. The van der Waals surface area contributed by atoms with Crippen molar-refractivity contribution >= 4 is 6.03 Å². The first-order valence-electron chi connectivity index (χ1n) is 7.70. The van der Waals surface area contributed by atoms with Gasteiger partial charge < -0.3 is 15.0 Å². The molecule has 1 aliphatic heterocycles. The molecule has 2 bridgehead atoms. The van der Waals surface area contributed by atoms with Crippen LogP contribution >= 0.6 is 0 Å². The van der Waals surface area contributed by atoms with Gasteiger partial charge in [-0.25, -0.2) is 4.79 Å². The van der Waals surface area contributed by atoms with Gasteiger partial charge in [0.2, 0.25) is 0 Å². The molecule has 2 amide bonds. The maximum atomic E-state index is 12.3. The summed E-state index contributed by atoms with van der Waals surface area (Å²) < 4.78 is 7.36. The summed E-state index contributed by atoms with van der Waals surface area (Å²) in [4.78, 5) is 14.2. The lowest BCUT2D eigenvalue weighted by Gasteiger charge is -2.37. The Balaban J connectivity index is 1.46. The fourth-order valence-electron chi connectivity index (χ4n) is 3.75. The third kappa shape index (κ3) is 3.05. The molecule has 2 heterocycles. The average Bonchev–Trinajstić information content (AvgIpc) is 2.99. The van der Waals surface area contributed by atoms with Gasteiger partial charge in [-0.05, 0) is 24.8 Å². The van der Waals surface area contributed by atoms with Gasteiger partial charge in [0.05, 0.1) is 12.3 Å². The summed E-state index contributed by atoms with van der Waals surface area (Å²) in [5.74, 6) is 1.02. The van der Waals surface area contributed by atoms with E-state index in [0.29, 0.717) is 24.5 Å². The SMILES string of the molecule is COC1[C@@H]2CC[C@H]1CN(C(=O)NCCc1cnn(C)c1)C2. The van der Waals surface area contributed by atoms with Crippen LogP contribution in [0.3, 0.4) is 0 Å². The second-order valence-corrected chi connectivity index (χ2v) is 6.21. The zero-order chi connectivity index (χ0) is 14.8. The van der Waals surface area contributed by atoms with E-state index in [1.54, 1.807) is 11.8 Å². The lowest BCUT2D eigenvalue weighted by Crippen LogP contribution is -2.51. The molecule has 2 aliphatic rings. The summed E-state index contributed by atoms with van der Waals surface area (Å²) in [6, 6.07) is 0.0605. The van der Waals surface area contributed by atoms with E-state index in [1.165, 1.54) is 12.8 Å². The van der Waals surface area contributed by atoms with Crippen LogP contribution in [-0.4, -0.2) is 53.6 Å². The fraction of sp³-hybridized carbons (Fsp3) is 0.733. The van der Waals surface area contributed by atoms with E-state index in [1.807, 2.05) is 24.3 Å². The molecule has 1 N–H and O–H groups in total. The fourth-order valence-corrected chi connectivity index (χ4v) is 3.75. The molecule has 3 rings (SSSR count). The molecule has 0 spiro atoms. The lowest BCUT2D eigenvalue weighted by molar-refractivity contribution is -0.00503. The highest BCUT2D eigenvalue weighted by atomic mass is 16.5. The van der Waals surface area contributed by atoms with Crippen molar-refractivity contribution in [1.29, 1.82) is 0 Å². The van der Waals surface area contributed by atoms with Crippen LogP contribution in [0.15, 0.2) is 12.4 Å². The summed E-state index contributed by atoms with van der Waals surface area (Å²) in [7, 11) is 3.69. The Morgan fingerprint density at radius 1 is 1.43 bits per heavy atom. The smallest absolute Gasteiger partial charge is 0.317 e. The molecule has 0 radical (unpaired) electrons. The van der Waals surface area contributed by atoms with Gasteiger partial charge in [0.15, 0.2) is 0 Å². The molecule has 2 fully saturated rings. The zero-order valence-corrected chi connectivity index (χ0v) is 12.8. The van der Waals surface area contributed by atoms with Crippen LogP contribution in [0.2, 0.25) is 0 Å². The molecule has 6 heteroatoms. The first kappa shape index (κ1) is 14.4. The predicted octanol–water partition coefficient (Wildman–Crippen LogP) is 1.03. The average molecular weight is 292 g/mol. The quantitative estimate of drug-likeness (QED) is 0.901. The van der Waals surface area contributed by atoms with Gasteiger partial charge in [0.1, 0.15) is 0 Å². The van der Waals surface area contributed by atoms with E-state index in [-0.39, 0.29) is 6.03 Å². The zero-order valence-electron chi connectivity index (χ0n) is 12.8. The highest BCUT2D eigenvalue weighted by Crippen LogP contribution is 2.38. The van der Waals surface area contributed by atoms with Crippen molar-refractivity contribution in [2.45, 2.75) is 25.4 Å². The Labute approximate surface area is 125 Å². The van der Waals surface area contributed by atoms with Crippen LogP contribution in [-0.2, 0) is 18.2 Å². The molecule has 1 saturated heterocycles. The van der Waals surface area contributed by atoms with E-state index in [2.05, 4.69) is 10.4 Å². The molecule has 1 aliphatic carbocycles. The minimum absolute atomic E-state index is 0.0605. The Morgan fingerprint density at radius 3 is 2.71 bits per heavy atom. The van der Waals surface area contributed by atoms with Crippen molar-refractivity contribution < 1.29 is 9.53 Å². The Hall–Kier alpha value is -1.56. The number of aromatic nitrogens is 2. The molecule has 1 unspecified atom stereocenters. The van der Waals surface area contributed by atoms with Crippen LogP contribution < -0.4 is 5.32 Å². The van der Waals surface area contributed by atoms with Crippen molar-refractivity contribution in [3.05, 3.63) is 18.0 Å². The standard InChI is InChI=1S/C15H24N4O2/c1-18-8-11(7-17-18)5-6-16-15(20)19-9-12-3-4-13(10-19)14(12)21-2/h7-8,12-14H,3-6,9-10H2,1-2H3,(H,16,20)/t12-,13+,14?. The molecule has 21 heavy (non-hydrogen) atoms. The summed E-state index contributed by atoms with van der Waals surface area (Å²) in [6.45, 7) is 2.31. The Bertz CT molecular complexity index is 488. The number of carbonyl (C=O) groups is 1. The molecule has 3 atom stereocenters. The lowest BCUT2D eigenvalue weighted by atomic mass is 9.95. The number of likely N-dealkylation sites (tertiary alicyclic amines) is 1. The van der Waals surface area contributed by atoms with Crippen LogP contribution in [0.4, 0.5) is 4.79 Å². The molecule has 1 saturated carbocycles. The van der Waals surface area contributed by atoms with Gasteiger partial charge in [-0.3, -0.25) is 4.68 Å². The van der Waals surface area contributed by atoms with Gasteiger partial charge in [-0.15, -0.1) is 0 Å². The van der Waals surface area contributed by atoms with Crippen molar-refractivity contribution in [3.63, 3.8) is 0 Å². The number of amides is 2. The normalized spacial score (nSPS) is 27.9. The van der Waals surface area contributed by atoms with Crippen molar-refractivity contribution in [2.24, 2.45) is 18.9 Å².